The number of azo groups is 2. The predicted octanol–water partition coefficient (Wildman–Crippen LogP) is 3.15. The summed E-state index contributed by atoms with van der Waals surface area (Å²) in [6.45, 7) is -1.73. The lowest BCUT2D eigenvalue weighted by Crippen LogP contribution is -2.04. The Morgan fingerprint density at radius 1 is 0.633 bits per heavy atom. The first-order chi connectivity index (χ1) is 22.8. The molecule has 0 fully saturated rings. The van der Waals surface area contributed by atoms with E-state index in [-0.39, 0.29) is 47.5 Å². The van der Waals surface area contributed by atoms with Crippen molar-refractivity contribution in [2.75, 3.05) is 32.2 Å². The van der Waals surface area contributed by atoms with Gasteiger partial charge in [0.05, 0.1) is 23.5 Å². The first-order valence-corrected chi connectivity index (χ1v) is 17.5. The zero-order valence-electron chi connectivity index (χ0n) is 24.4. The van der Waals surface area contributed by atoms with Crippen molar-refractivity contribution in [3.63, 3.8) is 0 Å². The van der Waals surface area contributed by atoms with E-state index < -0.39 is 86.2 Å². The molecule has 0 aliphatic rings. The molecule has 0 heterocycles. The van der Waals surface area contributed by atoms with Gasteiger partial charge in [-0.15, -0.1) is 20.5 Å². The molecule has 4 rings (SSSR count). The third kappa shape index (κ3) is 8.54. The van der Waals surface area contributed by atoms with Crippen molar-refractivity contribution < 1.29 is 68.8 Å². The average Bonchev–Trinajstić information content (AvgIpc) is 3.00. The summed E-state index contributed by atoms with van der Waals surface area (Å²) < 4.78 is 111. The lowest BCUT2D eigenvalue weighted by atomic mass is 10.1. The minimum absolute atomic E-state index is 0.0133. The van der Waals surface area contributed by atoms with Crippen LogP contribution < -0.4 is 15.2 Å². The van der Waals surface area contributed by atoms with Gasteiger partial charge in [0.15, 0.2) is 5.75 Å². The van der Waals surface area contributed by atoms with E-state index in [1.165, 1.54) is 6.07 Å². The molecule has 262 valence electrons. The quantitative estimate of drug-likeness (QED) is 0.0553. The number of anilines is 1. The fourth-order valence-electron chi connectivity index (χ4n) is 4.15. The SMILES string of the molecule is Nc1ccc(N=Nc2cc(OCCO)c(N=Nc3c(S(=O)(=O)O)cc4cc(S(=O)(=O)O)cc(O)c4c3O)cc2OCCO)c(S(=O)(=O)O)c1. The van der Waals surface area contributed by atoms with Gasteiger partial charge in [0.25, 0.3) is 30.4 Å². The van der Waals surface area contributed by atoms with E-state index in [0.29, 0.717) is 18.2 Å². The molecule has 9 N–H and O–H groups in total. The van der Waals surface area contributed by atoms with Crippen LogP contribution >= 0.6 is 0 Å². The number of nitrogens with zero attached hydrogens (tertiary/aromatic N) is 4. The number of nitrogens with two attached hydrogens (primary N) is 1. The number of fused-ring (bicyclic) bond motifs is 1. The number of aliphatic hydroxyl groups excluding tert-OH is 2. The fraction of sp³-hybridized carbons (Fsp3) is 0.154. The third-order valence-electron chi connectivity index (χ3n) is 6.20. The van der Waals surface area contributed by atoms with Crippen LogP contribution in [0, 0.1) is 0 Å². The van der Waals surface area contributed by atoms with Crippen LogP contribution in [0.4, 0.5) is 28.4 Å². The molecule has 0 aliphatic carbocycles. The molecule has 20 nitrogen and oxygen atoms in total. The standard InChI is InChI=1S/C26H25N5O15S3/c27-14-1-2-16(22(9-14)48(39,40)41)28-29-17-11-21(46-6-4-33)18(12-20(17)45-5-3-32)30-31-25-23(49(42,43)44)8-13-7-15(47(36,37)38)10-19(34)24(13)26(25)35/h1-2,7-12,32-35H,3-6,27H2,(H,36,37,38)(H,39,40,41)(H,42,43,44). The molecule has 0 atom stereocenters. The highest BCUT2D eigenvalue weighted by Gasteiger charge is 2.26. The molecule has 4 aromatic rings. The van der Waals surface area contributed by atoms with Crippen molar-refractivity contribution >= 4 is 69.6 Å². The van der Waals surface area contributed by atoms with Crippen molar-refractivity contribution in [3.8, 4) is 23.0 Å². The largest absolute Gasteiger partial charge is 0.507 e. The van der Waals surface area contributed by atoms with E-state index in [9.17, 15) is 59.3 Å². The first-order valence-electron chi connectivity index (χ1n) is 13.2. The number of aromatic hydroxyl groups is 2. The van der Waals surface area contributed by atoms with E-state index in [4.69, 9.17) is 15.2 Å². The number of rotatable bonds is 13. The molecule has 0 aromatic heterocycles. The maximum atomic E-state index is 12.3. The Bertz CT molecular complexity index is 2330. The summed E-state index contributed by atoms with van der Waals surface area (Å²) in [7, 11) is -14.9. The lowest BCUT2D eigenvalue weighted by Gasteiger charge is -2.13. The number of hydrogen-bond donors (Lipinski definition) is 8. The van der Waals surface area contributed by atoms with Crippen LogP contribution in [0.15, 0.2) is 83.7 Å². The second-order valence-corrected chi connectivity index (χ2v) is 13.8. The highest BCUT2D eigenvalue weighted by molar-refractivity contribution is 7.86. The van der Waals surface area contributed by atoms with Crippen molar-refractivity contribution in [3.05, 3.63) is 48.5 Å². The van der Waals surface area contributed by atoms with Crippen molar-refractivity contribution in [2.24, 2.45) is 20.5 Å². The maximum absolute atomic E-state index is 12.3. The molecule has 0 saturated carbocycles. The number of phenols is 2. The molecule has 49 heavy (non-hydrogen) atoms. The van der Waals surface area contributed by atoms with Crippen LogP contribution in [0.3, 0.4) is 0 Å². The highest BCUT2D eigenvalue weighted by atomic mass is 32.2. The maximum Gasteiger partial charge on any atom is 0.296 e. The van der Waals surface area contributed by atoms with Gasteiger partial charge in [0, 0.05) is 23.9 Å². The third-order valence-corrected chi connectivity index (χ3v) is 8.78. The Hall–Kier alpha value is -5.01. The number of benzene rings is 4. The molecule has 0 radical (unpaired) electrons. The zero-order valence-corrected chi connectivity index (χ0v) is 26.9. The summed E-state index contributed by atoms with van der Waals surface area (Å²) in [6, 6.07) is 7.46. The molecule has 0 aliphatic heterocycles. The molecular weight excluding hydrogens is 719 g/mol. The summed E-state index contributed by atoms with van der Waals surface area (Å²) >= 11 is 0. The summed E-state index contributed by atoms with van der Waals surface area (Å²) in [5.74, 6) is -2.48. The Kier molecular flexibility index (Phi) is 10.7. The van der Waals surface area contributed by atoms with E-state index in [2.05, 4.69) is 20.5 Å². The monoisotopic (exact) mass is 743 g/mol. The van der Waals surface area contributed by atoms with Gasteiger partial charge in [-0.25, -0.2) is 0 Å². The minimum Gasteiger partial charge on any atom is -0.507 e. The van der Waals surface area contributed by atoms with Gasteiger partial charge in [-0.3, -0.25) is 13.7 Å². The fourth-order valence-corrected chi connectivity index (χ4v) is 6.00. The smallest absolute Gasteiger partial charge is 0.296 e. The van der Waals surface area contributed by atoms with Crippen LogP contribution in [0.25, 0.3) is 10.8 Å². The summed E-state index contributed by atoms with van der Waals surface area (Å²) in [5, 5.41) is 54.4. The first kappa shape index (κ1) is 36.8. The van der Waals surface area contributed by atoms with E-state index in [0.717, 1.165) is 24.3 Å². The molecule has 0 bridgehead atoms. The molecule has 0 unspecified atom stereocenters. The normalized spacial score (nSPS) is 12.7. The Balaban J connectivity index is 1.93. The highest BCUT2D eigenvalue weighted by Crippen LogP contribution is 2.47. The Labute approximate surface area is 276 Å². The Morgan fingerprint density at radius 3 is 1.67 bits per heavy atom. The molecule has 0 amide bonds. The predicted molar refractivity (Wildman–Crippen MR) is 168 cm³/mol. The van der Waals surface area contributed by atoms with Crippen LogP contribution in [-0.4, -0.2) is 85.8 Å². The number of phenolic OH excluding ortho intramolecular Hbond substituents is 2. The lowest BCUT2D eigenvalue weighted by molar-refractivity contribution is 0.198. The van der Waals surface area contributed by atoms with E-state index in [1.54, 1.807) is 0 Å². The minimum atomic E-state index is -5.23. The van der Waals surface area contributed by atoms with Gasteiger partial charge < -0.3 is 35.6 Å². The topological polar surface area (TPSA) is 338 Å². The van der Waals surface area contributed by atoms with Gasteiger partial charge in [-0.1, -0.05) is 0 Å². The average molecular weight is 744 g/mol. The summed E-state index contributed by atoms with van der Waals surface area (Å²) in [6.07, 6.45) is 0. The van der Waals surface area contributed by atoms with Crippen molar-refractivity contribution in [1.82, 2.24) is 0 Å². The molecule has 23 heteroatoms. The molecular formula is C26H25N5O15S3. The van der Waals surface area contributed by atoms with Crippen molar-refractivity contribution in [2.45, 2.75) is 14.7 Å². The van der Waals surface area contributed by atoms with Gasteiger partial charge in [0.1, 0.15) is 63.0 Å². The van der Waals surface area contributed by atoms with Crippen LogP contribution in [0.2, 0.25) is 0 Å². The molecule has 0 saturated heterocycles. The van der Waals surface area contributed by atoms with Crippen LogP contribution in [0.1, 0.15) is 0 Å². The number of aliphatic hydroxyl groups is 2. The zero-order chi connectivity index (χ0) is 36.3. The molecule has 0 spiro atoms. The Morgan fingerprint density at radius 2 is 1.16 bits per heavy atom. The van der Waals surface area contributed by atoms with E-state index >= 15 is 0 Å². The molecule has 4 aromatic carbocycles. The van der Waals surface area contributed by atoms with E-state index in [1.807, 2.05) is 0 Å². The van der Waals surface area contributed by atoms with Crippen molar-refractivity contribution in [1.29, 1.82) is 0 Å². The van der Waals surface area contributed by atoms with Gasteiger partial charge >= 0.3 is 0 Å². The summed E-state index contributed by atoms with van der Waals surface area (Å²) in [5.41, 5.74) is 3.81. The van der Waals surface area contributed by atoms with Gasteiger partial charge in [-0.05, 0) is 35.7 Å². The van der Waals surface area contributed by atoms with Crippen LogP contribution in [-0.2, 0) is 30.4 Å². The number of nitrogen functional groups attached to an aromatic ring is 1. The second kappa shape index (κ2) is 14.2. The van der Waals surface area contributed by atoms with Gasteiger partial charge in [0.2, 0.25) is 0 Å². The number of hydrogen-bond acceptors (Lipinski definition) is 17. The number of ether oxygens (including phenoxy) is 2. The summed E-state index contributed by atoms with van der Waals surface area (Å²) in [4.78, 5) is -2.65. The second-order valence-electron chi connectivity index (χ2n) is 9.60. The van der Waals surface area contributed by atoms with Crippen LogP contribution in [0.5, 0.6) is 23.0 Å². The van der Waals surface area contributed by atoms with Gasteiger partial charge in [-0.2, -0.15) is 25.3 Å².